The molecular formula is C20H33N3. The van der Waals surface area contributed by atoms with Crippen molar-refractivity contribution in [2.75, 3.05) is 0 Å². The molecule has 0 amide bonds. The predicted octanol–water partition coefficient (Wildman–Crippen LogP) is 5.56. The van der Waals surface area contributed by atoms with E-state index < -0.39 is 0 Å². The van der Waals surface area contributed by atoms with Gasteiger partial charge in [0.15, 0.2) is 0 Å². The molecule has 0 aromatic rings. The number of aliphatic imine (C=N–C) groups is 2. The van der Waals surface area contributed by atoms with Crippen molar-refractivity contribution in [1.82, 2.24) is 5.32 Å². The number of allylic oxidation sites excluding steroid dienone is 4. The lowest BCUT2D eigenvalue weighted by molar-refractivity contribution is 0.489. The summed E-state index contributed by atoms with van der Waals surface area (Å²) in [5.41, 5.74) is 5.14. The van der Waals surface area contributed by atoms with E-state index >= 15 is 0 Å². The Bertz CT molecular complexity index is 515. The third kappa shape index (κ3) is 6.17. The van der Waals surface area contributed by atoms with E-state index in [0.717, 1.165) is 35.6 Å². The van der Waals surface area contributed by atoms with Crippen LogP contribution >= 0.6 is 0 Å². The highest BCUT2D eigenvalue weighted by molar-refractivity contribution is 5.98. The lowest BCUT2D eigenvalue weighted by Gasteiger charge is -2.20. The largest absolute Gasteiger partial charge is 0.381 e. The Labute approximate surface area is 142 Å². The van der Waals surface area contributed by atoms with Crippen LogP contribution in [0, 0.1) is 0 Å². The van der Waals surface area contributed by atoms with Gasteiger partial charge in [-0.3, -0.25) is 4.99 Å². The van der Waals surface area contributed by atoms with Crippen LogP contribution < -0.4 is 5.32 Å². The van der Waals surface area contributed by atoms with Gasteiger partial charge in [0, 0.05) is 24.4 Å². The van der Waals surface area contributed by atoms with Crippen LogP contribution in [0.3, 0.4) is 0 Å². The van der Waals surface area contributed by atoms with Gasteiger partial charge in [0.05, 0.1) is 17.1 Å². The zero-order valence-electron chi connectivity index (χ0n) is 15.6. The molecule has 0 atom stereocenters. The number of nitrogens with one attached hydrogen (secondary N) is 1. The molecule has 1 heterocycles. The molecular weight excluding hydrogens is 282 g/mol. The van der Waals surface area contributed by atoms with Crippen molar-refractivity contribution in [1.29, 1.82) is 0 Å². The van der Waals surface area contributed by atoms with Crippen LogP contribution in [-0.2, 0) is 0 Å². The van der Waals surface area contributed by atoms with Gasteiger partial charge >= 0.3 is 0 Å². The highest BCUT2D eigenvalue weighted by atomic mass is 15.0. The molecule has 1 rings (SSSR count). The minimum Gasteiger partial charge on any atom is -0.381 e. The van der Waals surface area contributed by atoms with E-state index in [1.165, 1.54) is 31.3 Å². The molecule has 1 aliphatic heterocycles. The summed E-state index contributed by atoms with van der Waals surface area (Å²) in [5.74, 6) is 0. The number of hydrogen-bond donors (Lipinski definition) is 1. The van der Waals surface area contributed by atoms with Crippen LogP contribution in [0.1, 0.15) is 73.1 Å². The van der Waals surface area contributed by atoms with E-state index in [0.29, 0.717) is 6.04 Å². The van der Waals surface area contributed by atoms with Crippen molar-refractivity contribution in [2.24, 2.45) is 9.98 Å². The minimum absolute atomic E-state index is 0.492. The first-order valence-corrected chi connectivity index (χ1v) is 8.97. The third-order valence-electron chi connectivity index (χ3n) is 4.15. The maximum absolute atomic E-state index is 4.85. The molecule has 0 saturated carbocycles. The van der Waals surface area contributed by atoms with Crippen molar-refractivity contribution in [2.45, 2.75) is 79.2 Å². The van der Waals surface area contributed by atoms with Gasteiger partial charge in [-0.15, -0.1) is 0 Å². The molecule has 0 aromatic carbocycles. The molecule has 0 aliphatic carbocycles. The summed E-state index contributed by atoms with van der Waals surface area (Å²) in [6.07, 6.45) is 10.7. The maximum atomic E-state index is 4.85. The average Bonchev–Trinajstić information content (AvgIpc) is 2.69. The van der Waals surface area contributed by atoms with Crippen LogP contribution in [-0.4, -0.2) is 18.0 Å². The highest BCUT2D eigenvalue weighted by Crippen LogP contribution is 2.23. The quantitative estimate of drug-likeness (QED) is 0.555. The smallest absolute Gasteiger partial charge is 0.0874 e. The van der Waals surface area contributed by atoms with Crippen molar-refractivity contribution in [3.8, 4) is 0 Å². The van der Waals surface area contributed by atoms with Gasteiger partial charge in [0.2, 0.25) is 0 Å². The van der Waals surface area contributed by atoms with Crippen LogP contribution in [0.2, 0.25) is 0 Å². The van der Waals surface area contributed by atoms with E-state index in [1.807, 2.05) is 20.1 Å². The van der Waals surface area contributed by atoms with Crippen molar-refractivity contribution < 1.29 is 0 Å². The molecule has 1 aliphatic rings. The molecule has 23 heavy (non-hydrogen) atoms. The number of nitrogens with zero attached hydrogens (tertiary/aromatic N) is 2. The Morgan fingerprint density at radius 2 is 1.96 bits per heavy atom. The second-order valence-corrected chi connectivity index (χ2v) is 6.16. The standard InChI is InChI=1S/C20H33N3/c1-7-11-19(12-8-2)22-15(4)16(5)23-20-17(6)21-14-10-13-18(20)9-3/h13-14,19,22H,4,7-12H2,1-3,5-6H3. The van der Waals surface area contributed by atoms with Gasteiger partial charge in [0.25, 0.3) is 0 Å². The van der Waals surface area contributed by atoms with Crippen LogP contribution in [0.15, 0.2) is 45.3 Å². The van der Waals surface area contributed by atoms with Gasteiger partial charge in [-0.25, -0.2) is 4.99 Å². The van der Waals surface area contributed by atoms with Gasteiger partial charge in [-0.05, 0) is 38.7 Å². The Balaban J connectivity index is 2.92. The SMILES string of the molecule is C=C(NC(CCC)CCC)C(C)=NC1=C(C)N=CCC=C1CC. The fourth-order valence-corrected chi connectivity index (χ4v) is 2.81. The van der Waals surface area contributed by atoms with Crippen LogP contribution in [0.5, 0.6) is 0 Å². The third-order valence-corrected chi connectivity index (χ3v) is 4.15. The highest BCUT2D eigenvalue weighted by Gasteiger charge is 2.12. The van der Waals surface area contributed by atoms with E-state index in [1.54, 1.807) is 0 Å². The predicted molar refractivity (Wildman–Crippen MR) is 103 cm³/mol. The summed E-state index contributed by atoms with van der Waals surface area (Å²) >= 11 is 0. The molecule has 0 fully saturated rings. The Kier molecular flexibility index (Phi) is 8.60. The molecule has 3 nitrogen and oxygen atoms in total. The average molecular weight is 316 g/mol. The van der Waals surface area contributed by atoms with Crippen molar-refractivity contribution in [3.63, 3.8) is 0 Å². The first kappa shape index (κ1) is 19.4. The zero-order valence-corrected chi connectivity index (χ0v) is 15.6. The van der Waals surface area contributed by atoms with E-state index in [9.17, 15) is 0 Å². The molecule has 0 bridgehead atoms. The Hall–Kier alpha value is -1.64. The van der Waals surface area contributed by atoms with Gasteiger partial charge in [0.1, 0.15) is 0 Å². The van der Waals surface area contributed by atoms with Crippen LogP contribution in [0.25, 0.3) is 0 Å². The topological polar surface area (TPSA) is 36.8 Å². The molecule has 3 heteroatoms. The van der Waals surface area contributed by atoms with Gasteiger partial charge < -0.3 is 5.32 Å². The minimum atomic E-state index is 0.492. The lowest BCUT2D eigenvalue weighted by Crippen LogP contribution is -2.30. The first-order chi connectivity index (χ1) is 11.0. The van der Waals surface area contributed by atoms with Gasteiger partial charge in [-0.1, -0.05) is 46.3 Å². The van der Waals surface area contributed by atoms with Crippen molar-refractivity contribution >= 4 is 11.9 Å². The van der Waals surface area contributed by atoms with E-state index in [2.05, 4.69) is 43.7 Å². The summed E-state index contributed by atoms with van der Waals surface area (Å²) in [5, 5.41) is 3.57. The lowest BCUT2D eigenvalue weighted by atomic mass is 10.1. The molecule has 128 valence electrons. The Morgan fingerprint density at radius 1 is 1.30 bits per heavy atom. The maximum Gasteiger partial charge on any atom is 0.0874 e. The molecule has 0 radical (unpaired) electrons. The Morgan fingerprint density at radius 3 is 2.52 bits per heavy atom. The second-order valence-electron chi connectivity index (χ2n) is 6.16. The molecule has 0 aromatic heterocycles. The summed E-state index contributed by atoms with van der Waals surface area (Å²) in [4.78, 5) is 9.34. The van der Waals surface area contributed by atoms with Crippen LogP contribution in [0.4, 0.5) is 0 Å². The number of rotatable bonds is 9. The number of hydrogen-bond acceptors (Lipinski definition) is 3. The molecule has 0 saturated heterocycles. The normalized spacial score (nSPS) is 15.7. The summed E-state index contributed by atoms with van der Waals surface area (Å²) < 4.78 is 0. The van der Waals surface area contributed by atoms with Crippen molar-refractivity contribution in [3.05, 3.63) is 35.3 Å². The fourth-order valence-electron chi connectivity index (χ4n) is 2.81. The molecule has 0 unspecified atom stereocenters. The van der Waals surface area contributed by atoms with Gasteiger partial charge in [-0.2, -0.15) is 0 Å². The molecule has 1 N–H and O–H groups in total. The summed E-state index contributed by atoms with van der Waals surface area (Å²) in [6.45, 7) is 14.9. The monoisotopic (exact) mass is 315 g/mol. The second kappa shape index (κ2) is 10.2. The van der Waals surface area contributed by atoms with E-state index in [4.69, 9.17) is 4.99 Å². The summed E-state index contributed by atoms with van der Waals surface area (Å²) in [6, 6.07) is 0.492. The molecule has 0 spiro atoms. The fraction of sp³-hybridized carbons (Fsp3) is 0.600. The van der Waals surface area contributed by atoms with E-state index in [-0.39, 0.29) is 0 Å². The zero-order chi connectivity index (χ0) is 17.2. The summed E-state index contributed by atoms with van der Waals surface area (Å²) in [7, 11) is 0. The first-order valence-electron chi connectivity index (χ1n) is 8.97.